The Labute approximate surface area is 133 Å². The van der Waals surface area contributed by atoms with E-state index in [9.17, 15) is 4.79 Å². The summed E-state index contributed by atoms with van der Waals surface area (Å²) in [5, 5.41) is 6.38. The van der Waals surface area contributed by atoms with Gasteiger partial charge in [0, 0.05) is 31.7 Å². The van der Waals surface area contributed by atoms with E-state index in [0.717, 1.165) is 43.3 Å². The molecule has 22 heavy (non-hydrogen) atoms. The predicted molar refractivity (Wildman–Crippen MR) is 92.2 cm³/mol. The topological polar surface area (TPSA) is 56.7 Å². The molecule has 122 valence electrons. The monoisotopic (exact) mass is 304 g/mol. The molecule has 0 radical (unpaired) electrons. The maximum absolute atomic E-state index is 12.2. The standard InChI is InChI=1S/C17H28N4O/c1-5-18-17(19-6-2)20-13-14-9-11-15(12-10-14)16(22)21(7-3)8-4/h9-12H,5-8,13H2,1-4H3,(H2,18,19,20). The number of carbonyl (C=O) groups is 1. The number of carbonyl (C=O) groups excluding carboxylic acids is 1. The molecule has 1 aromatic carbocycles. The Hall–Kier alpha value is -2.04. The van der Waals surface area contributed by atoms with E-state index in [0.29, 0.717) is 6.54 Å². The van der Waals surface area contributed by atoms with Gasteiger partial charge in [-0.2, -0.15) is 0 Å². The van der Waals surface area contributed by atoms with E-state index in [1.165, 1.54) is 0 Å². The molecule has 5 heteroatoms. The molecule has 0 fully saturated rings. The van der Waals surface area contributed by atoms with E-state index in [-0.39, 0.29) is 5.91 Å². The van der Waals surface area contributed by atoms with Crippen molar-refractivity contribution in [2.75, 3.05) is 26.2 Å². The normalized spacial score (nSPS) is 10.0. The van der Waals surface area contributed by atoms with Crippen molar-refractivity contribution in [1.82, 2.24) is 15.5 Å². The number of hydrogen-bond donors (Lipinski definition) is 2. The fourth-order valence-electron chi connectivity index (χ4n) is 2.13. The van der Waals surface area contributed by atoms with E-state index in [1.54, 1.807) is 0 Å². The van der Waals surface area contributed by atoms with Gasteiger partial charge in [0.05, 0.1) is 6.54 Å². The molecule has 0 aliphatic rings. The zero-order chi connectivity index (χ0) is 16.4. The third-order valence-electron chi connectivity index (χ3n) is 3.36. The summed E-state index contributed by atoms with van der Waals surface area (Å²) in [6, 6.07) is 7.70. The molecule has 0 atom stereocenters. The van der Waals surface area contributed by atoms with Crippen molar-refractivity contribution in [1.29, 1.82) is 0 Å². The van der Waals surface area contributed by atoms with Crippen molar-refractivity contribution in [2.24, 2.45) is 4.99 Å². The second-order valence-electron chi connectivity index (χ2n) is 4.90. The Morgan fingerprint density at radius 2 is 1.55 bits per heavy atom. The minimum Gasteiger partial charge on any atom is -0.357 e. The first kappa shape index (κ1) is 18.0. The maximum Gasteiger partial charge on any atom is 0.253 e. The lowest BCUT2D eigenvalue weighted by Crippen LogP contribution is -2.36. The van der Waals surface area contributed by atoms with Crippen LogP contribution in [-0.2, 0) is 6.54 Å². The molecular formula is C17H28N4O. The van der Waals surface area contributed by atoms with Crippen molar-refractivity contribution in [3.8, 4) is 0 Å². The molecule has 1 aromatic rings. The summed E-state index contributed by atoms with van der Waals surface area (Å²) in [5.41, 5.74) is 1.82. The fraction of sp³-hybridized carbons (Fsp3) is 0.529. The molecule has 0 saturated heterocycles. The smallest absolute Gasteiger partial charge is 0.253 e. The lowest BCUT2D eigenvalue weighted by Gasteiger charge is -2.18. The van der Waals surface area contributed by atoms with Crippen LogP contribution in [0.2, 0.25) is 0 Å². The minimum atomic E-state index is 0.0843. The molecule has 5 nitrogen and oxygen atoms in total. The highest BCUT2D eigenvalue weighted by Gasteiger charge is 2.11. The molecule has 0 aliphatic carbocycles. The molecule has 1 amide bonds. The van der Waals surface area contributed by atoms with Crippen LogP contribution in [0.25, 0.3) is 0 Å². The second kappa shape index (κ2) is 9.82. The van der Waals surface area contributed by atoms with Gasteiger partial charge in [-0.15, -0.1) is 0 Å². The van der Waals surface area contributed by atoms with Gasteiger partial charge in [-0.3, -0.25) is 4.79 Å². The molecule has 0 saturated carbocycles. The van der Waals surface area contributed by atoms with Gasteiger partial charge < -0.3 is 15.5 Å². The summed E-state index contributed by atoms with van der Waals surface area (Å²) in [6.45, 7) is 11.8. The molecule has 0 heterocycles. The van der Waals surface area contributed by atoms with Crippen molar-refractivity contribution in [3.63, 3.8) is 0 Å². The summed E-state index contributed by atoms with van der Waals surface area (Å²) < 4.78 is 0. The van der Waals surface area contributed by atoms with Gasteiger partial charge in [-0.05, 0) is 45.4 Å². The number of nitrogens with one attached hydrogen (secondary N) is 2. The van der Waals surface area contributed by atoms with Crippen LogP contribution in [0.1, 0.15) is 43.6 Å². The van der Waals surface area contributed by atoms with Gasteiger partial charge in [0.1, 0.15) is 0 Å². The number of rotatable bonds is 7. The highest BCUT2D eigenvalue weighted by atomic mass is 16.2. The lowest BCUT2D eigenvalue weighted by molar-refractivity contribution is 0.0773. The van der Waals surface area contributed by atoms with Crippen LogP contribution >= 0.6 is 0 Å². The third-order valence-corrected chi connectivity index (χ3v) is 3.36. The number of guanidine groups is 1. The van der Waals surface area contributed by atoms with E-state index in [1.807, 2.05) is 56.9 Å². The number of benzene rings is 1. The summed E-state index contributed by atoms with van der Waals surface area (Å²) in [7, 11) is 0. The Balaban J connectivity index is 2.72. The number of nitrogens with zero attached hydrogens (tertiary/aromatic N) is 2. The van der Waals surface area contributed by atoms with Crippen molar-refractivity contribution in [3.05, 3.63) is 35.4 Å². The van der Waals surface area contributed by atoms with Crippen LogP contribution in [0, 0.1) is 0 Å². The van der Waals surface area contributed by atoms with Gasteiger partial charge >= 0.3 is 0 Å². The Bertz CT molecular complexity index is 470. The summed E-state index contributed by atoms with van der Waals surface area (Å²) in [4.78, 5) is 18.6. The molecular weight excluding hydrogens is 276 g/mol. The van der Waals surface area contributed by atoms with Crippen molar-refractivity contribution < 1.29 is 4.79 Å². The molecule has 0 aromatic heterocycles. The average Bonchev–Trinajstić information content (AvgIpc) is 2.54. The summed E-state index contributed by atoms with van der Waals surface area (Å²) >= 11 is 0. The van der Waals surface area contributed by atoms with Gasteiger partial charge in [0.25, 0.3) is 5.91 Å². The maximum atomic E-state index is 12.2. The molecule has 0 aliphatic heterocycles. The van der Waals surface area contributed by atoms with Gasteiger partial charge in [0.2, 0.25) is 0 Å². The zero-order valence-electron chi connectivity index (χ0n) is 14.1. The highest BCUT2D eigenvalue weighted by molar-refractivity contribution is 5.94. The lowest BCUT2D eigenvalue weighted by atomic mass is 10.1. The van der Waals surface area contributed by atoms with Gasteiger partial charge in [-0.25, -0.2) is 4.99 Å². The summed E-state index contributed by atoms with van der Waals surface area (Å²) in [5.74, 6) is 0.898. The van der Waals surface area contributed by atoms with Crippen LogP contribution < -0.4 is 10.6 Å². The van der Waals surface area contributed by atoms with E-state index >= 15 is 0 Å². The number of hydrogen-bond acceptors (Lipinski definition) is 2. The van der Waals surface area contributed by atoms with Crippen LogP contribution in [-0.4, -0.2) is 42.9 Å². The van der Waals surface area contributed by atoms with Crippen LogP contribution in [0.5, 0.6) is 0 Å². The quantitative estimate of drug-likeness (QED) is 0.600. The van der Waals surface area contributed by atoms with Crippen LogP contribution in [0.4, 0.5) is 0 Å². The van der Waals surface area contributed by atoms with Crippen molar-refractivity contribution >= 4 is 11.9 Å². The van der Waals surface area contributed by atoms with E-state index in [2.05, 4.69) is 15.6 Å². The first-order chi connectivity index (χ1) is 10.7. The molecule has 2 N–H and O–H groups in total. The molecule has 1 rings (SSSR count). The Morgan fingerprint density at radius 1 is 1.00 bits per heavy atom. The third kappa shape index (κ3) is 5.39. The highest BCUT2D eigenvalue weighted by Crippen LogP contribution is 2.08. The largest absolute Gasteiger partial charge is 0.357 e. The minimum absolute atomic E-state index is 0.0843. The first-order valence-electron chi connectivity index (χ1n) is 8.06. The average molecular weight is 304 g/mol. The molecule has 0 unspecified atom stereocenters. The molecule has 0 bridgehead atoms. The van der Waals surface area contributed by atoms with Crippen LogP contribution in [0.15, 0.2) is 29.3 Å². The SMILES string of the molecule is CCNC(=NCc1ccc(C(=O)N(CC)CC)cc1)NCC. The first-order valence-corrected chi connectivity index (χ1v) is 8.06. The van der Waals surface area contributed by atoms with E-state index < -0.39 is 0 Å². The number of amides is 1. The zero-order valence-corrected chi connectivity index (χ0v) is 14.1. The predicted octanol–water partition coefficient (Wildman–Crippen LogP) is 2.24. The molecule has 0 spiro atoms. The summed E-state index contributed by atoms with van der Waals surface area (Å²) in [6.07, 6.45) is 0. The van der Waals surface area contributed by atoms with Crippen molar-refractivity contribution in [2.45, 2.75) is 34.2 Å². The van der Waals surface area contributed by atoms with Crippen LogP contribution in [0.3, 0.4) is 0 Å². The van der Waals surface area contributed by atoms with E-state index in [4.69, 9.17) is 0 Å². The Kier molecular flexibility index (Phi) is 8.04. The second-order valence-corrected chi connectivity index (χ2v) is 4.90. The fourth-order valence-corrected chi connectivity index (χ4v) is 2.13. The van der Waals surface area contributed by atoms with Gasteiger partial charge in [0.15, 0.2) is 5.96 Å². The van der Waals surface area contributed by atoms with Gasteiger partial charge in [-0.1, -0.05) is 12.1 Å². The Morgan fingerprint density at radius 3 is 2.00 bits per heavy atom. The number of aliphatic imine (C=N–C) groups is 1.